The highest BCUT2D eigenvalue weighted by Crippen LogP contribution is 2.19. The molecule has 26 heavy (non-hydrogen) atoms. The molecule has 1 unspecified atom stereocenters. The molecule has 0 saturated heterocycles. The van der Waals surface area contributed by atoms with Gasteiger partial charge < -0.3 is 15.5 Å². The summed E-state index contributed by atoms with van der Waals surface area (Å²) in [6.45, 7) is 4.18. The van der Waals surface area contributed by atoms with Crippen LogP contribution >= 0.6 is 0 Å². The SMILES string of the molecule is C#Cc1ccc(C2=CNC(CN(CC(C)(F)F)C(=O)CC(C)C)N2)cc1. The van der Waals surface area contributed by atoms with Crippen molar-refractivity contribution in [2.24, 2.45) is 5.92 Å². The largest absolute Gasteiger partial charge is 0.368 e. The zero-order chi connectivity index (χ0) is 19.3. The zero-order valence-electron chi connectivity index (χ0n) is 15.4. The van der Waals surface area contributed by atoms with Crippen LogP contribution in [0, 0.1) is 18.3 Å². The van der Waals surface area contributed by atoms with E-state index in [1.807, 2.05) is 38.1 Å². The second-order valence-electron chi connectivity index (χ2n) is 7.09. The van der Waals surface area contributed by atoms with Crippen LogP contribution in [0.5, 0.6) is 0 Å². The van der Waals surface area contributed by atoms with E-state index in [0.717, 1.165) is 23.7 Å². The first-order chi connectivity index (χ1) is 12.2. The molecule has 140 valence electrons. The average molecular weight is 361 g/mol. The number of amides is 1. The normalized spacial score (nSPS) is 16.5. The number of alkyl halides is 2. The Hall–Kier alpha value is -2.55. The van der Waals surface area contributed by atoms with Crippen molar-refractivity contribution in [3.8, 4) is 12.3 Å². The van der Waals surface area contributed by atoms with Gasteiger partial charge in [0.1, 0.15) is 6.17 Å². The molecule has 0 aliphatic carbocycles. The van der Waals surface area contributed by atoms with Crippen LogP contribution in [-0.2, 0) is 4.79 Å². The van der Waals surface area contributed by atoms with Gasteiger partial charge in [0.2, 0.25) is 5.91 Å². The first kappa shape index (κ1) is 19.8. The van der Waals surface area contributed by atoms with Crippen molar-refractivity contribution in [3.63, 3.8) is 0 Å². The molecule has 0 saturated carbocycles. The van der Waals surface area contributed by atoms with Gasteiger partial charge in [-0.3, -0.25) is 4.79 Å². The third-order valence-corrected chi connectivity index (χ3v) is 3.93. The van der Waals surface area contributed by atoms with Crippen LogP contribution in [0.15, 0.2) is 30.5 Å². The summed E-state index contributed by atoms with van der Waals surface area (Å²) in [6, 6.07) is 7.45. The number of benzene rings is 1. The third kappa shape index (κ3) is 5.76. The maximum atomic E-state index is 13.5. The van der Waals surface area contributed by atoms with E-state index in [9.17, 15) is 13.6 Å². The number of hydrogen-bond acceptors (Lipinski definition) is 3. The summed E-state index contributed by atoms with van der Waals surface area (Å²) in [6.07, 6.45) is 7.06. The summed E-state index contributed by atoms with van der Waals surface area (Å²) in [5.41, 5.74) is 2.55. The molecule has 0 aromatic heterocycles. The lowest BCUT2D eigenvalue weighted by atomic mass is 10.1. The standard InChI is InChI=1S/C20H25F2N3O/c1-5-15-6-8-16(9-7-15)17-11-23-18(24-17)12-25(13-20(4,21)22)19(26)10-14(2)3/h1,6-9,11,14,18,23-24H,10,12-13H2,2-4H3. The number of nitrogens with one attached hydrogen (secondary N) is 2. The molecular weight excluding hydrogens is 336 g/mol. The predicted molar refractivity (Wildman–Crippen MR) is 99.1 cm³/mol. The van der Waals surface area contributed by atoms with Crippen LogP contribution in [-0.4, -0.2) is 36.0 Å². The minimum absolute atomic E-state index is 0.114. The highest BCUT2D eigenvalue weighted by Gasteiger charge is 2.30. The van der Waals surface area contributed by atoms with Gasteiger partial charge in [-0.05, 0) is 23.6 Å². The molecule has 0 fully saturated rings. The van der Waals surface area contributed by atoms with Crippen LogP contribution < -0.4 is 10.6 Å². The molecule has 0 radical (unpaired) electrons. The van der Waals surface area contributed by atoms with E-state index < -0.39 is 12.5 Å². The van der Waals surface area contributed by atoms with Gasteiger partial charge >= 0.3 is 0 Å². The van der Waals surface area contributed by atoms with Crippen LogP contribution in [0.25, 0.3) is 5.70 Å². The van der Waals surface area contributed by atoms with Crippen molar-refractivity contribution in [2.45, 2.75) is 39.3 Å². The zero-order valence-corrected chi connectivity index (χ0v) is 15.4. The Balaban J connectivity index is 2.01. The lowest BCUT2D eigenvalue weighted by Gasteiger charge is -2.29. The molecule has 2 N–H and O–H groups in total. The lowest BCUT2D eigenvalue weighted by Crippen LogP contribution is -2.49. The smallest absolute Gasteiger partial charge is 0.262 e. The third-order valence-electron chi connectivity index (χ3n) is 3.93. The average Bonchev–Trinajstić information content (AvgIpc) is 3.01. The molecule has 1 heterocycles. The Morgan fingerprint density at radius 1 is 1.35 bits per heavy atom. The van der Waals surface area contributed by atoms with Crippen molar-refractivity contribution in [2.75, 3.05) is 13.1 Å². The first-order valence-corrected chi connectivity index (χ1v) is 8.63. The molecule has 1 aliphatic rings. The minimum atomic E-state index is -2.94. The van der Waals surface area contributed by atoms with E-state index in [-0.39, 0.29) is 31.0 Å². The van der Waals surface area contributed by atoms with Gasteiger partial charge in [-0.15, -0.1) is 6.42 Å². The number of rotatable bonds is 7. The number of halogens is 2. The van der Waals surface area contributed by atoms with Gasteiger partial charge in [0.05, 0.1) is 18.8 Å². The topological polar surface area (TPSA) is 44.4 Å². The molecule has 6 heteroatoms. The summed E-state index contributed by atoms with van der Waals surface area (Å²) in [4.78, 5) is 13.6. The molecule has 0 spiro atoms. The molecule has 4 nitrogen and oxygen atoms in total. The highest BCUT2D eigenvalue weighted by atomic mass is 19.3. The van der Waals surface area contributed by atoms with Crippen molar-refractivity contribution < 1.29 is 13.6 Å². The van der Waals surface area contributed by atoms with E-state index in [1.165, 1.54) is 4.90 Å². The Bertz CT molecular complexity index is 699. The van der Waals surface area contributed by atoms with Gasteiger partial charge in [0.25, 0.3) is 5.92 Å². The molecule has 1 atom stereocenters. The fourth-order valence-corrected chi connectivity index (χ4v) is 2.75. The monoisotopic (exact) mass is 361 g/mol. The Labute approximate surface area is 153 Å². The molecule has 2 rings (SSSR count). The molecular formula is C20H25F2N3O. The van der Waals surface area contributed by atoms with Crippen molar-refractivity contribution in [1.82, 2.24) is 15.5 Å². The van der Waals surface area contributed by atoms with E-state index in [1.54, 1.807) is 6.20 Å². The number of nitrogens with zero attached hydrogens (tertiary/aromatic N) is 1. The molecule has 0 bridgehead atoms. The Morgan fingerprint density at radius 2 is 2.00 bits per heavy atom. The second-order valence-corrected chi connectivity index (χ2v) is 7.09. The van der Waals surface area contributed by atoms with Crippen LogP contribution in [0.3, 0.4) is 0 Å². The van der Waals surface area contributed by atoms with Gasteiger partial charge in [-0.1, -0.05) is 31.9 Å². The van der Waals surface area contributed by atoms with Gasteiger partial charge in [0.15, 0.2) is 0 Å². The highest BCUT2D eigenvalue weighted by molar-refractivity contribution is 5.76. The summed E-state index contributed by atoms with van der Waals surface area (Å²) in [5, 5.41) is 6.33. The Kier molecular flexibility index (Phi) is 6.25. The predicted octanol–water partition coefficient (Wildman–Crippen LogP) is 3.02. The van der Waals surface area contributed by atoms with E-state index >= 15 is 0 Å². The molecule has 1 aromatic carbocycles. The van der Waals surface area contributed by atoms with Gasteiger partial charge in [-0.2, -0.15) is 0 Å². The summed E-state index contributed by atoms with van der Waals surface area (Å²) >= 11 is 0. The van der Waals surface area contributed by atoms with Crippen molar-refractivity contribution in [3.05, 3.63) is 41.6 Å². The fraction of sp³-hybridized carbons (Fsp3) is 0.450. The first-order valence-electron chi connectivity index (χ1n) is 8.63. The van der Waals surface area contributed by atoms with E-state index in [0.29, 0.717) is 0 Å². The van der Waals surface area contributed by atoms with Crippen molar-refractivity contribution >= 4 is 11.6 Å². The minimum Gasteiger partial charge on any atom is -0.368 e. The quantitative estimate of drug-likeness (QED) is 0.734. The van der Waals surface area contributed by atoms with Crippen LogP contribution in [0.1, 0.15) is 38.3 Å². The van der Waals surface area contributed by atoms with Crippen LogP contribution in [0.4, 0.5) is 8.78 Å². The van der Waals surface area contributed by atoms with Crippen LogP contribution in [0.2, 0.25) is 0 Å². The molecule has 1 aliphatic heterocycles. The number of hydrogen-bond donors (Lipinski definition) is 2. The van der Waals surface area contributed by atoms with Gasteiger partial charge in [-0.25, -0.2) is 8.78 Å². The van der Waals surface area contributed by atoms with Gasteiger partial charge in [0, 0.05) is 25.1 Å². The maximum absolute atomic E-state index is 13.5. The fourth-order valence-electron chi connectivity index (χ4n) is 2.75. The number of terminal acetylenes is 1. The number of carbonyl (C=O) groups is 1. The lowest BCUT2D eigenvalue weighted by molar-refractivity contribution is -0.137. The molecule has 1 aromatic rings. The van der Waals surface area contributed by atoms with E-state index in [4.69, 9.17) is 6.42 Å². The number of carbonyl (C=O) groups excluding carboxylic acids is 1. The van der Waals surface area contributed by atoms with E-state index in [2.05, 4.69) is 16.6 Å². The Morgan fingerprint density at radius 3 is 2.54 bits per heavy atom. The summed E-state index contributed by atoms with van der Waals surface area (Å²) in [5.74, 6) is -0.532. The molecule has 1 amide bonds. The second kappa shape index (κ2) is 8.22. The summed E-state index contributed by atoms with van der Waals surface area (Å²) < 4.78 is 27.0. The maximum Gasteiger partial charge on any atom is 0.262 e. The van der Waals surface area contributed by atoms with Crippen molar-refractivity contribution in [1.29, 1.82) is 0 Å². The summed E-state index contributed by atoms with van der Waals surface area (Å²) in [7, 11) is 0.